The van der Waals surface area contributed by atoms with Gasteiger partial charge in [0.2, 0.25) is 0 Å². The summed E-state index contributed by atoms with van der Waals surface area (Å²) >= 11 is 0. The fraction of sp³-hybridized carbons (Fsp3) is 0.667. The molecule has 0 aromatic carbocycles. The summed E-state index contributed by atoms with van der Waals surface area (Å²) in [6.07, 6.45) is 13.5. The molecule has 6 atom stereocenters. The molecule has 172 valence electrons. The van der Waals surface area contributed by atoms with E-state index in [9.17, 15) is 9.59 Å². The largest absolute Gasteiger partial charge is 0.462 e. The molecule has 0 aliphatic heterocycles. The second-order valence-electron chi connectivity index (χ2n) is 11.2. The van der Waals surface area contributed by atoms with E-state index in [2.05, 4.69) is 31.1 Å². The molecule has 0 bridgehead atoms. The molecule has 0 amide bonds. The van der Waals surface area contributed by atoms with Crippen molar-refractivity contribution < 1.29 is 14.3 Å². The number of hydrogen-bond acceptors (Lipinski definition) is 4. The van der Waals surface area contributed by atoms with Gasteiger partial charge in [-0.2, -0.15) is 5.10 Å². The zero-order chi connectivity index (χ0) is 22.8. The lowest BCUT2D eigenvalue weighted by Gasteiger charge is -2.56. The molecule has 4 aliphatic carbocycles. The first kappa shape index (κ1) is 21.7. The third kappa shape index (κ3) is 3.22. The lowest BCUT2D eigenvalue weighted by molar-refractivity contribution is -0.148. The maximum Gasteiger partial charge on any atom is 0.302 e. The van der Waals surface area contributed by atoms with Crippen molar-refractivity contribution in [1.82, 2.24) is 9.78 Å². The first-order valence-electron chi connectivity index (χ1n) is 12.2. The molecule has 5 heteroatoms. The number of carbonyl (C=O) groups excluding carboxylic acids is 2. The van der Waals surface area contributed by atoms with Gasteiger partial charge < -0.3 is 4.74 Å². The van der Waals surface area contributed by atoms with Crippen molar-refractivity contribution in [2.45, 2.75) is 78.7 Å². The van der Waals surface area contributed by atoms with Crippen molar-refractivity contribution in [1.29, 1.82) is 0 Å². The average molecular weight is 437 g/mol. The zero-order valence-corrected chi connectivity index (χ0v) is 20.1. The predicted octanol–water partition coefficient (Wildman–Crippen LogP) is 5.19. The van der Waals surface area contributed by atoms with E-state index in [1.54, 1.807) is 0 Å². The Morgan fingerprint density at radius 3 is 2.62 bits per heavy atom. The van der Waals surface area contributed by atoms with Crippen LogP contribution in [0, 0.1) is 35.5 Å². The first-order chi connectivity index (χ1) is 15.1. The fourth-order valence-corrected chi connectivity index (χ4v) is 7.71. The molecule has 1 aromatic heterocycles. The number of allylic oxidation sites excluding steroid dienone is 2. The van der Waals surface area contributed by atoms with E-state index in [0.717, 1.165) is 61.8 Å². The zero-order valence-electron chi connectivity index (χ0n) is 20.1. The Morgan fingerprint density at radius 2 is 1.94 bits per heavy atom. The van der Waals surface area contributed by atoms with Crippen LogP contribution in [0.2, 0.25) is 0 Å². The van der Waals surface area contributed by atoms with Crippen LogP contribution < -0.4 is 0 Å². The van der Waals surface area contributed by atoms with Crippen LogP contribution in [0.15, 0.2) is 23.4 Å². The summed E-state index contributed by atoms with van der Waals surface area (Å²) in [6, 6.07) is 0. The second-order valence-corrected chi connectivity index (χ2v) is 11.2. The van der Waals surface area contributed by atoms with Gasteiger partial charge in [-0.1, -0.05) is 25.5 Å². The predicted molar refractivity (Wildman–Crippen MR) is 124 cm³/mol. The van der Waals surface area contributed by atoms with Gasteiger partial charge in [-0.15, -0.1) is 0 Å². The molecule has 3 fully saturated rings. The maximum absolute atomic E-state index is 13.6. The number of aryl methyl sites for hydroxylation is 2. The molecule has 5 rings (SSSR count). The van der Waals surface area contributed by atoms with Gasteiger partial charge in [0.1, 0.15) is 6.10 Å². The van der Waals surface area contributed by atoms with Crippen molar-refractivity contribution in [2.75, 3.05) is 0 Å². The minimum Gasteiger partial charge on any atom is -0.462 e. The fourth-order valence-electron chi connectivity index (χ4n) is 7.71. The Labute approximate surface area is 191 Å². The van der Waals surface area contributed by atoms with Gasteiger partial charge in [0.05, 0.1) is 5.69 Å². The molecule has 0 unspecified atom stereocenters. The van der Waals surface area contributed by atoms with E-state index in [-0.39, 0.29) is 22.9 Å². The number of carbonyl (C=O) groups is 2. The van der Waals surface area contributed by atoms with Crippen molar-refractivity contribution in [3.63, 3.8) is 0 Å². The Hall–Kier alpha value is -2.17. The third-order valence-electron chi connectivity index (χ3n) is 9.41. The Bertz CT molecular complexity index is 1030. The molecule has 4 aliphatic rings. The summed E-state index contributed by atoms with van der Waals surface area (Å²) in [5.41, 5.74) is 4.47. The van der Waals surface area contributed by atoms with Crippen LogP contribution in [0.4, 0.5) is 0 Å². The number of rotatable bonds is 2. The molecular weight excluding hydrogens is 400 g/mol. The van der Waals surface area contributed by atoms with Crippen LogP contribution in [0.3, 0.4) is 0 Å². The van der Waals surface area contributed by atoms with Crippen molar-refractivity contribution in [3.8, 4) is 0 Å². The number of Topliss-reactive ketones (excluding diaryl/α,β-unsaturated/α-hetero) is 1. The van der Waals surface area contributed by atoms with E-state index >= 15 is 0 Å². The number of ketones is 1. The lowest BCUT2D eigenvalue weighted by atomic mass is 9.48. The van der Waals surface area contributed by atoms with Crippen LogP contribution in [-0.4, -0.2) is 27.6 Å². The summed E-state index contributed by atoms with van der Waals surface area (Å²) in [6.45, 7) is 8.19. The molecule has 0 radical (unpaired) electrons. The first-order valence-corrected chi connectivity index (χ1v) is 12.2. The van der Waals surface area contributed by atoms with Crippen LogP contribution in [0.1, 0.15) is 77.0 Å². The Kier molecular flexibility index (Phi) is 5.03. The number of ether oxygens (including phenoxy) is 1. The quantitative estimate of drug-likeness (QED) is 0.364. The van der Waals surface area contributed by atoms with E-state index < -0.39 is 0 Å². The van der Waals surface area contributed by atoms with Crippen molar-refractivity contribution in [3.05, 3.63) is 34.7 Å². The number of aromatic nitrogens is 2. The summed E-state index contributed by atoms with van der Waals surface area (Å²) in [4.78, 5) is 25.1. The molecule has 0 saturated heterocycles. The monoisotopic (exact) mass is 436 g/mol. The topological polar surface area (TPSA) is 61.2 Å². The standard InChI is InChI=1S/C27H36N2O3/c1-16-19(15-29(5)28-16)12-18-13-24-22-7-6-20-14-21(32-17(2)30)8-10-26(20,3)23(22)9-11-27(24,4)25(18)31/h6,12,15,21-24H,7-11,13-14H2,1-5H3/b18-12+/t21-,22-,23+,24+,26-,27-/m0/s1. The minimum absolute atomic E-state index is 0.0301. The van der Waals surface area contributed by atoms with Gasteiger partial charge in [-0.25, -0.2) is 0 Å². The normalized spacial score (nSPS) is 39.8. The molecule has 0 N–H and O–H groups in total. The molecule has 32 heavy (non-hydrogen) atoms. The molecule has 5 nitrogen and oxygen atoms in total. The smallest absolute Gasteiger partial charge is 0.302 e. The van der Waals surface area contributed by atoms with Crippen molar-refractivity contribution in [2.24, 2.45) is 35.6 Å². The van der Waals surface area contributed by atoms with Gasteiger partial charge in [0, 0.05) is 37.6 Å². The van der Waals surface area contributed by atoms with E-state index in [0.29, 0.717) is 23.5 Å². The highest BCUT2D eigenvalue weighted by Crippen LogP contribution is 2.64. The Balaban J connectivity index is 1.43. The number of esters is 1. The second kappa shape index (κ2) is 7.43. The highest BCUT2D eigenvalue weighted by atomic mass is 16.5. The van der Waals surface area contributed by atoms with Crippen LogP contribution in [0.5, 0.6) is 0 Å². The third-order valence-corrected chi connectivity index (χ3v) is 9.41. The van der Waals surface area contributed by atoms with Crippen LogP contribution in [-0.2, 0) is 21.4 Å². The SMILES string of the molecule is CC(=O)O[C@H]1CC[C@@]2(C)C(=CC[C@H]3[C@H]2CC[C@]2(C)C(=O)/C(=C/c4cn(C)nc4C)C[C@H]32)C1. The lowest BCUT2D eigenvalue weighted by Crippen LogP contribution is -2.50. The van der Waals surface area contributed by atoms with Gasteiger partial charge in [0.25, 0.3) is 0 Å². The maximum atomic E-state index is 13.6. The summed E-state index contributed by atoms with van der Waals surface area (Å²) in [5.74, 6) is 1.78. The van der Waals surface area contributed by atoms with Gasteiger partial charge in [0.15, 0.2) is 5.78 Å². The number of fused-ring (bicyclic) bond motifs is 5. The molecule has 1 heterocycles. The Morgan fingerprint density at radius 1 is 1.19 bits per heavy atom. The highest BCUT2D eigenvalue weighted by Gasteiger charge is 2.60. The van der Waals surface area contributed by atoms with E-state index in [1.807, 2.05) is 24.9 Å². The summed E-state index contributed by atoms with van der Waals surface area (Å²) in [7, 11) is 1.93. The highest BCUT2D eigenvalue weighted by molar-refractivity contribution is 6.06. The van der Waals surface area contributed by atoms with Crippen molar-refractivity contribution >= 4 is 17.8 Å². The molecule has 1 aromatic rings. The van der Waals surface area contributed by atoms with Crippen LogP contribution >= 0.6 is 0 Å². The average Bonchev–Trinajstić information content (AvgIpc) is 3.17. The molecular formula is C27H36N2O3. The van der Waals surface area contributed by atoms with E-state index in [1.165, 1.54) is 12.5 Å². The number of nitrogens with zero attached hydrogens (tertiary/aromatic N) is 2. The van der Waals surface area contributed by atoms with E-state index in [4.69, 9.17) is 4.74 Å². The number of hydrogen-bond donors (Lipinski definition) is 0. The summed E-state index contributed by atoms with van der Waals surface area (Å²) in [5, 5.41) is 4.45. The molecule has 0 spiro atoms. The molecule has 3 saturated carbocycles. The van der Waals surface area contributed by atoms with Crippen LogP contribution in [0.25, 0.3) is 6.08 Å². The van der Waals surface area contributed by atoms with Gasteiger partial charge >= 0.3 is 5.97 Å². The van der Waals surface area contributed by atoms with Gasteiger partial charge in [-0.3, -0.25) is 14.3 Å². The minimum atomic E-state index is -0.236. The van der Waals surface area contributed by atoms with Gasteiger partial charge in [-0.05, 0) is 80.3 Å². The summed E-state index contributed by atoms with van der Waals surface area (Å²) < 4.78 is 7.39.